The van der Waals surface area contributed by atoms with Crippen LogP contribution >= 0.6 is 11.6 Å². The minimum Gasteiger partial charge on any atom is -0.497 e. The van der Waals surface area contributed by atoms with Gasteiger partial charge in [-0.2, -0.15) is 0 Å². The van der Waals surface area contributed by atoms with E-state index in [4.69, 9.17) is 21.1 Å². The van der Waals surface area contributed by atoms with Crippen LogP contribution in [0.5, 0.6) is 11.5 Å². The maximum atomic E-state index is 11.1. The topological polar surface area (TPSA) is 47.6 Å². The molecule has 0 fully saturated rings. The van der Waals surface area contributed by atoms with E-state index in [2.05, 4.69) is 12.2 Å². The summed E-state index contributed by atoms with van der Waals surface area (Å²) in [5, 5.41) is 2.74. The number of benzene rings is 1. The number of amides is 1. The van der Waals surface area contributed by atoms with Crippen molar-refractivity contribution in [3.05, 3.63) is 23.8 Å². The van der Waals surface area contributed by atoms with Gasteiger partial charge in [0.05, 0.1) is 13.7 Å². The largest absolute Gasteiger partial charge is 0.497 e. The lowest BCUT2D eigenvalue weighted by molar-refractivity contribution is -0.118. The normalized spacial score (nSPS) is 10.1. The molecule has 0 atom stereocenters. The van der Waals surface area contributed by atoms with Gasteiger partial charge in [-0.25, -0.2) is 0 Å². The summed E-state index contributed by atoms with van der Waals surface area (Å²) in [5.41, 5.74) is 1.05. The smallest absolute Gasteiger partial charge is 0.234 e. The van der Waals surface area contributed by atoms with Gasteiger partial charge in [-0.1, -0.05) is 13.0 Å². The number of halogens is 1. The summed E-state index contributed by atoms with van der Waals surface area (Å²) in [6.45, 7) is 3.26. The summed E-state index contributed by atoms with van der Waals surface area (Å²) < 4.78 is 10.9. The zero-order valence-corrected chi connectivity index (χ0v) is 12.1. The van der Waals surface area contributed by atoms with Crippen LogP contribution in [0.4, 0.5) is 0 Å². The Morgan fingerprint density at radius 3 is 2.84 bits per heavy atom. The van der Waals surface area contributed by atoms with E-state index >= 15 is 0 Å². The molecule has 0 radical (unpaired) electrons. The van der Waals surface area contributed by atoms with Crippen LogP contribution in [-0.4, -0.2) is 32.0 Å². The van der Waals surface area contributed by atoms with Crippen molar-refractivity contribution >= 4 is 17.5 Å². The highest BCUT2D eigenvalue weighted by Gasteiger charge is 2.06. The van der Waals surface area contributed by atoms with E-state index in [1.807, 2.05) is 18.2 Å². The number of carbonyl (C=O) groups is 1. The van der Waals surface area contributed by atoms with Gasteiger partial charge in [0.25, 0.3) is 0 Å². The van der Waals surface area contributed by atoms with Crippen molar-refractivity contribution in [3.63, 3.8) is 0 Å². The molecule has 0 saturated heterocycles. The third-order valence-corrected chi connectivity index (χ3v) is 2.82. The highest BCUT2D eigenvalue weighted by Crippen LogP contribution is 2.25. The molecule has 0 heterocycles. The molecule has 0 aliphatic carbocycles. The maximum absolute atomic E-state index is 11.1. The number of rotatable bonds is 8. The van der Waals surface area contributed by atoms with Gasteiger partial charge in [-0.3, -0.25) is 4.79 Å². The molecule has 5 heteroatoms. The second-order valence-electron chi connectivity index (χ2n) is 4.06. The molecule has 0 aromatic heterocycles. The lowest BCUT2D eigenvalue weighted by Crippen LogP contribution is -2.26. The van der Waals surface area contributed by atoms with E-state index in [9.17, 15) is 4.79 Å². The Hall–Kier alpha value is -1.42. The van der Waals surface area contributed by atoms with Crippen molar-refractivity contribution in [1.29, 1.82) is 0 Å². The predicted molar refractivity (Wildman–Crippen MR) is 76.2 cm³/mol. The summed E-state index contributed by atoms with van der Waals surface area (Å²) in [5.74, 6) is 1.40. The molecule has 1 amide bonds. The average Bonchev–Trinajstić information content (AvgIpc) is 2.45. The average molecular weight is 286 g/mol. The second-order valence-corrected chi connectivity index (χ2v) is 4.32. The molecule has 1 aromatic carbocycles. The Kier molecular flexibility index (Phi) is 7.11. The zero-order chi connectivity index (χ0) is 14.1. The summed E-state index contributed by atoms with van der Waals surface area (Å²) in [6, 6.07) is 5.71. The molecule has 19 heavy (non-hydrogen) atoms. The van der Waals surface area contributed by atoms with Crippen molar-refractivity contribution in [2.75, 3.05) is 26.1 Å². The van der Waals surface area contributed by atoms with Crippen molar-refractivity contribution < 1.29 is 14.3 Å². The monoisotopic (exact) mass is 285 g/mol. The van der Waals surface area contributed by atoms with Gasteiger partial charge >= 0.3 is 0 Å². The fourth-order valence-corrected chi connectivity index (χ4v) is 1.69. The van der Waals surface area contributed by atoms with Crippen LogP contribution in [-0.2, 0) is 11.2 Å². The summed E-state index contributed by atoms with van der Waals surface area (Å²) in [6.07, 6.45) is 1.64. The first-order valence-electron chi connectivity index (χ1n) is 6.33. The minimum atomic E-state index is -0.161. The molecule has 1 aromatic rings. The van der Waals surface area contributed by atoms with Gasteiger partial charge in [-0.05, 0) is 24.5 Å². The number of ether oxygens (including phenoxy) is 2. The van der Waals surface area contributed by atoms with Crippen molar-refractivity contribution in [3.8, 4) is 11.5 Å². The highest BCUT2D eigenvalue weighted by molar-refractivity contribution is 6.27. The molecule has 106 valence electrons. The number of hydrogen-bond acceptors (Lipinski definition) is 3. The first-order chi connectivity index (χ1) is 9.21. The van der Waals surface area contributed by atoms with Crippen LogP contribution in [0.3, 0.4) is 0 Å². The maximum Gasteiger partial charge on any atom is 0.234 e. The predicted octanol–water partition coefficient (Wildman–Crippen LogP) is 2.38. The Bertz CT molecular complexity index is 410. The van der Waals surface area contributed by atoms with Gasteiger partial charge in [0.1, 0.15) is 17.4 Å². The second kappa shape index (κ2) is 8.64. The van der Waals surface area contributed by atoms with E-state index in [1.54, 1.807) is 7.11 Å². The van der Waals surface area contributed by atoms with Crippen LogP contribution in [0.1, 0.15) is 18.9 Å². The summed E-state index contributed by atoms with van der Waals surface area (Å²) in [4.78, 5) is 11.1. The third-order valence-electron chi connectivity index (χ3n) is 2.57. The van der Waals surface area contributed by atoms with Crippen LogP contribution in [0.2, 0.25) is 0 Å². The first-order valence-corrected chi connectivity index (χ1v) is 6.87. The zero-order valence-electron chi connectivity index (χ0n) is 11.4. The van der Waals surface area contributed by atoms with E-state index < -0.39 is 0 Å². The Balaban J connectivity index is 2.66. The first kappa shape index (κ1) is 15.6. The number of methoxy groups -OCH3 is 1. The molecule has 0 aliphatic rings. The Morgan fingerprint density at radius 2 is 2.21 bits per heavy atom. The minimum absolute atomic E-state index is 0.0121. The van der Waals surface area contributed by atoms with Gasteiger partial charge in [-0.15, -0.1) is 11.6 Å². The molecule has 0 saturated carbocycles. The Labute approximate surface area is 119 Å². The molecule has 0 bridgehead atoms. The van der Waals surface area contributed by atoms with E-state index in [0.717, 1.165) is 23.5 Å². The summed E-state index contributed by atoms with van der Waals surface area (Å²) >= 11 is 5.42. The molecule has 0 spiro atoms. The molecular weight excluding hydrogens is 266 g/mol. The van der Waals surface area contributed by atoms with Crippen molar-refractivity contribution in [2.24, 2.45) is 0 Å². The number of nitrogens with one attached hydrogen (secondary N) is 1. The van der Waals surface area contributed by atoms with Gasteiger partial charge in [0.15, 0.2) is 0 Å². The van der Waals surface area contributed by atoms with Crippen LogP contribution in [0, 0.1) is 0 Å². The van der Waals surface area contributed by atoms with Crippen LogP contribution in [0.25, 0.3) is 0 Å². The summed E-state index contributed by atoms with van der Waals surface area (Å²) in [7, 11) is 1.62. The molecule has 0 aliphatic heterocycles. The molecular formula is C14H20ClNO3. The molecule has 1 N–H and O–H groups in total. The third kappa shape index (κ3) is 5.39. The fourth-order valence-electron chi connectivity index (χ4n) is 1.60. The van der Waals surface area contributed by atoms with Crippen LogP contribution in [0.15, 0.2) is 18.2 Å². The Morgan fingerprint density at radius 1 is 1.42 bits per heavy atom. The molecule has 4 nitrogen and oxygen atoms in total. The lowest BCUT2D eigenvalue weighted by atomic mass is 10.1. The van der Waals surface area contributed by atoms with Crippen molar-refractivity contribution in [2.45, 2.75) is 19.8 Å². The van der Waals surface area contributed by atoms with Crippen LogP contribution < -0.4 is 14.8 Å². The number of alkyl halides is 1. The van der Waals surface area contributed by atoms with Gasteiger partial charge in [0, 0.05) is 12.6 Å². The lowest BCUT2D eigenvalue weighted by Gasteiger charge is -2.12. The number of hydrogen-bond donors (Lipinski definition) is 1. The fraction of sp³-hybridized carbons (Fsp3) is 0.500. The quantitative estimate of drug-likeness (QED) is 0.746. The number of carbonyl (C=O) groups excluding carboxylic acids is 1. The van der Waals surface area contributed by atoms with Crippen molar-refractivity contribution in [1.82, 2.24) is 5.32 Å². The molecule has 1 rings (SSSR count). The van der Waals surface area contributed by atoms with E-state index in [-0.39, 0.29) is 11.8 Å². The van der Waals surface area contributed by atoms with Gasteiger partial charge < -0.3 is 14.8 Å². The highest BCUT2D eigenvalue weighted by atomic mass is 35.5. The standard InChI is InChI=1S/C14H20ClNO3/c1-3-8-19-13-9-12(18-2)5-4-11(13)6-7-16-14(17)10-15/h4-5,9H,3,6-8,10H2,1-2H3,(H,16,17). The molecule has 0 unspecified atom stereocenters. The van der Waals surface area contributed by atoms with E-state index in [1.165, 1.54) is 0 Å². The van der Waals surface area contributed by atoms with E-state index in [0.29, 0.717) is 19.6 Å². The SMILES string of the molecule is CCCOc1cc(OC)ccc1CCNC(=O)CCl. The van der Waals surface area contributed by atoms with Gasteiger partial charge in [0.2, 0.25) is 5.91 Å².